The molecule has 0 aliphatic heterocycles. The molecule has 0 aromatic heterocycles. The van der Waals surface area contributed by atoms with Crippen molar-refractivity contribution in [1.29, 1.82) is 0 Å². The van der Waals surface area contributed by atoms with E-state index in [1.165, 1.54) is 0 Å². The molecule has 0 unspecified atom stereocenters. The van der Waals surface area contributed by atoms with Gasteiger partial charge in [-0.2, -0.15) is 13.5 Å². The van der Waals surface area contributed by atoms with Crippen molar-refractivity contribution in [3.05, 3.63) is 0 Å². The van der Waals surface area contributed by atoms with Crippen LogP contribution in [0.4, 0.5) is 4.79 Å². The average Bonchev–Trinajstić information content (AvgIpc) is 0.811. The summed E-state index contributed by atoms with van der Waals surface area (Å²) in [5, 5.41) is 16.7. The Kier molecular flexibility index (Phi) is 24.3. The van der Waals surface area contributed by atoms with E-state index in [-0.39, 0.29) is 40.8 Å². The van der Waals surface area contributed by atoms with Crippen LogP contribution in [0.25, 0.3) is 0 Å². The maximum atomic E-state index is 8.33. The molecule has 0 atom stereocenters. The number of rotatable bonds is 0. The van der Waals surface area contributed by atoms with Crippen LogP contribution >= 0.6 is 13.5 Å². The van der Waals surface area contributed by atoms with Gasteiger partial charge in [-0.1, -0.05) is 0 Å². The molecule has 6 heavy (non-hydrogen) atoms. The molecule has 0 aromatic carbocycles. The first-order valence-corrected chi connectivity index (χ1v) is 0.612. The van der Waals surface area contributed by atoms with E-state index >= 15 is 0 Å². The zero-order chi connectivity index (χ0) is 3.58. The summed E-state index contributed by atoms with van der Waals surface area (Å²) in [6.45, 7) is 0. The Morgan fingerprint density at radius 3 is 1.33 bits per heavy atom. The van der Waals surface area contributed by atoms with E-state index in [0.29, 0.717) is 0 Å². The van der Waals surface area contributed by atoms with Gasteiger partial charge in [0.15, 0.2) is 0 Å². The summed E-state index contributed by atoms with van der Waals surface area (Å²) in [5.74, 6) is 0. The zero-order valence-electron chi connectivity index (χ0n) is 2.72. The maximum absolute atomic E-state index is 8.33. The van der Waals surface area contributed by atoms with Gasteiger partial charge in [-0.25, -0.2) is 0 Å². The van der Waals surface area contributed by atoms with Gasteiger partial charge in [0.1, 0.15) is 0 Å². The molecule has 0 N–H and O–H groups in total. The number of carboxylic acid groups (broad SMARTS) is 2. The van der Waals surface area contributed by atoms with Gasteiger partial charge in [0.25, 0.3) is 0 Å². The fraction of sp³-hybridized carbons (Fsp3) is 0. The number of carbonyl (C=O) groups is 1. The second-order valence-electron chi connectivity index (χ2n) is 0.250. The molecule has 0 saturated heterocycles. The topological polar surface area (TPSA) is 63.2 Å². The van der Waals surface area contributed by atoms with Gasteiger partial charge in [0.2, 0.25) is 0 Å². The van der Waals surface area contributed by atoms with Gasteiger partial charge in [0, 0.05) is 0 Å². The Hall–Kier alpha value is 0.542. The van der Waals surface area contributed by atoms with Crippen molar-refractivity contribution >= 4 is 46.9 Å². The van der Waals surface area contributed by atoms with Crippen LogP contribution in [0.5, 0.6) is 0 Å². The minimum atomic E-state index is -2.33. The molecule has 3 nitrogen and oxygen atoms in total. The molecule has 0 rings (SSSR count). The first-order valence-electron chi connectivity index (χ1n) is 0.612. The van der Waals surface area contributed by atoms with Gasteiger partial charge in [-0.15, -0.1) is 0 Å². The van der Waals surface area contributed by atoms with Gasteiger partial charge >= 0.3 is 27.3 Å². The minimum absolute atomic E-state index is 0. The second kappa shape index (κ2) is 9.11. The molecule has 0 aliphatic rings. The number of hydrogen-bond acceptors (Lipinski definition) is 3. The third kappa shape index (κ3) is 194. The SMILES string of the molecule is O=C([O-])[O-].S.[Pb+2]. The molecule has 0 aromatic rings. The van der Waals surface area contributed by atoms with E-state index in [4.69, 9.17) is 15.0 Å². The predicted octanol–water partition coefficient (Wildman–Crippen LogP) is -2.71. The van der Waals surface area contributed by atoms with E-state index in [1.807, 2.05) is 0 Å². The molecule has 2 radical (unpaired) electrons. The normalized spacial score (nSPS) is 4.00. The first kappa shape index (κ1) is 16.0. The molecule has 0 amide bonds. The van der Waals surface area contributed by atoms with E-state index in [2.05, 4.69) is 0 Å². The fourth-order valence-corrected chi connectivity index (χ4v) is 0. The molecule has 0 aliphatic carbocycles. The Balaban J connectivity index is -0.0000000450. The van der Waals surface area contributed by atoms with E-state index in [9.17, 15) is 0 Å². The summed E-state index contributed by atoms with van der Waals surface area (Å²) in [6.07, 6.45) is -2.33. The monoisotopic (exact) mass is 302 g/mol. The largest absolute Gasteiger partial charge is 2.00 e. The van der Waals surface area contributed by atoms with Crippen LogP contribution in [0, 0.1) is 0 Å². The Bertz CT molecular complexity index is 33.8. The molecule has 0 bridgehead atoms. The molecule has 34 valence electrons. The van der Waals surface area contributed by atoms with Gasteiger partial charge < -0.3 is 15.0 Å². The minimum Gasteiger partial charge on any atom is -0.652 e. The molecular weight excluding hydrogens is 299 g/mol. The predicted molar refractivity (Wildman–Crippen MR) is 21.5 cm³/mol. The molecule has 0 fully saturated rings. The molecule has 0 heterocycles. The van der Waals surface area contributed by atoms with E-state index in [1.54, 1.807) is 0 Å². The van der Waals surface area contributed by atoms with Gasteiger partial charge in [-0.3, -0.25) is 0 Å². The maximum Gasteiger partial charge on any atom is 2.00 e. The number of hydrogen-bond donors (Lipinski definition) is 0. The van der Waals surface area contributed by atoms with E-state index in [0.717, 1.165) is 0 Å². The fourth-order valence-electron chi connectivity index (χ4n) is 0. The summed E-state index contributed by atoms with van der Waals surface area (Å²) in [5.41, 5.74) is 0. The first-order chi connectivity index (χ1) is 1.73. The zero-order valence-corrected chi connectivity index (χ0v) is 7.61. The van der Waals surface area contributed by atoms with Crippen LogP contribution in [0.2, 0.25) is 0 Å². The van der Waals surface area contributed by atoms with Crippen molar-refractivity contribution < 1.29 is 15.0 Å². The summed E-state index contributed by atoms with van der Waals surface area (Å²) in [7, 11) is 0. The van der Waals surface area contributed by atoms with Gasteiger partial charge in [-0.05, 0) is 6.16 Å². The van der Waals surface area contributed by atoms with Crippen LogP contribution in [0.1, 0.15) is 0 Å². The Morgan fingerprint density at radius 2 is 1.33 bits per heavy atom. The summed E-state index contributed by atoms with van der Waals surface area (Å²) < 4.78 is 0. The number of carbonyl (C=O) groups excluding carboxylic acids is 1. The third-order valence-corrected chi connectivity index (χ3v) is 0. The van der Waals surface area contributed by atoms with Crippen LogP contribution in [-0.4, -0.2) is 33.5 Å². The van der Waals surface area contributed by atoms with E-state index < -0.39 is 6.16 Å². The van der Waals surface area contributed by atoms with Crippen LogP contribution in [0.3, 0.4) is 0 Å². The van der Waals surface area contributed by atoms with Crippen molar-refractivity contribution in [3.8, 4) is 0 Å². The second-order valence-corrected chi connectivity index (χ2v) is 0.250. The van der Waals surface area contributed by atoms with Gasteiger partial charge in [0.05, 0.1) is 0 Å². The summed E-state index contributed by atoms with van der Waals surface area (Å²) in [6, 6.07) is 0. The van der Waals surface area contributed by atoms with Crippen molar-refractivity contribution in [2.24, 2.45) is 0 Å². The smallest absolute Gasteiger partial charge is 0.652 e. The molecule has 5 heteroatoms. The van der Waals surface area contributed by atoms with Crippen LogP contribution in [0.15, 0.2) is 0 Å². The average molecular weight is 301 g/mol. The Morgan fingerprint density at radius 1 is 1.33 bits per heavy atom. The Labute approximate surface area is 62.0 Å². The van der Waals surface area contributed by atoms with Crippen molar-refractivity contribution in [3.63, 3.8) is 0 Å². The van der Waals surface area contributed by atoms with Crippen molar-refractivity contribution in [1.82, 2.24) is 0 Å². The molecule has 0 saturated carbocycles. The summed E-state index contributed by atoms with van der Waals surface area (Å²) in [4.78, 5) is 8.33. The molecule has 0 spiro atoms. The van der Waals surface area contributed by atoms with Crippen molar-refractivity contribution in [2.45, 2.75) is 0 Å². The molecular formula is CH2O3PbS. The van der Waals surface area contributed by atoms with Crippen LogP contribution in [-0.2, 0) is 0 Å². The summed E-state index contributed by atoms with van der Waals surface area (Å²) >= 11 is 0. The standard InChI is InChI=1S/CH2O3.Pb.H2S/c2-1(3)4;;/h(H2,2,3,4);;1H2/q;+2;/p-2. The van der Waals surface area contributed by atoms with Crippen molar-refractivity contribution in [2.75, 3.05) is 0 Å². The third-order valence-electron chi connectivity index (χ3n) is 0. The quantitative estimate of drug-likeness (QED) is 0.457. The van der Waals surface area contributed by atoms with Crippen LogP contribution < -0.4 is 10.2 Å².